The topological polar surface area (TPSA) is 63.7 Å². The highest BCUT2D eigenvalue weighted by Gasteiger charge is 2.20. The van der Waals surface area contributed by atoms with E-state index < -0.39 is 0 Å². The molecule has 5 nitrogen and oxygen atoms in total. The van der Waals surface area contributed by atoms with Crippen LogP contribution in [0.15, 0.2) is 42.6 Å². The SMILES string of the molecule is CC(C)COC(=O)c1c2ccc(OCC#N)cc2n2ccccc12. The lowest BCUT2D eigenvalue weighted by Gasteiger charge is -2.07. The first-order valence-corrected chi connectivity index (χ1v) is 7.81. The van der Waals surface area contributed by atoms with Crippen LogP contribution >= 0.6 is 0 Å². The normalized spacial score (nSPS) is 10.9. The smallest absolute Gasteiger partial charge is 0.340 e. The Bertz CT molecular complexity index is 935. The van der Waals surface area contributed by atoms with Crippen LogP contribution in [0.2, 0.25) is 0 Å². The molecule has 0 bridgehead atoms. The minimum atomic E-state index is -0.326. The third kappa shape index (κ3) is 2.91. The Morgan fingerprint density at radius 3 is 2.83 bits per heavy atom. The number of ether oxygens (including phenoxy) is 2. The molecule has 0 spiro atoms. The number of nitriles is 1. The number of fused-ring (bicyclic) bond motifs is 3. The molecule has 122 valence electrons. The van der Waals surface area contributed by atoms with Crippen molar-refractivity contribution in [3.05, 3.63) is 48.2 Å². The van der Waals surface area contributed by atoms with Gasteiger partial charge in [0, 0.05) is 17.6 Å². The van der Waals surface area contributed by atoms with Gasteiger partial charge in [0.1, 0.15) is 11.8 Å². The average Bonchev–Trinajstić information content (AvgIpc) is 2.91. The Labute approximate surface area is 140 Å². The molecule has 0 aliphatic heterocycles. The highest BCUT2D eigenvalue weighted by atomic mass is 16.5. The van der Waals surface area contributed by atoms with Gasteiger partial charge in [-0.3, -0.25) is 0 Å². The summed E-state index contributed by atoms with van der Waals surface area (Å²) in [6.45, 7) is 4.37. The van der Waals surface area contributed by atoms with E-state index in [4.69, 9.17) is 14.7 Å². The molecule has 2 aromatic heterocycles. The second kappa shape index (κ2) is 6.63. The van der Waals surface area contributed by atoms with Crippen LogP contribution in [0.4, 0.5) is 0 Å². The fourth-order valence-electron chi connectivity index (χ4n) is 2.65. The monoisotopic (exact) mass is 322 g/mol. The second-order valence-corrected chi connectivity index (χ2v) is 5.95. The largest absolute Gasteiger partial charge is 0.479 e. The molecule has 0 unspecified atom stereocenters. The fraction of sp³-hybridized carbons (Fsp3) is 0.263. The van der Waals surface area contributed by atoms with Crippen molar-refractivity contribution < 1.29 is 14.3 Å². The zero-order valence-electron chi connectivity index (χ0n) is 13.7. The van der Waals surface area contributed by atoms with Crippen molar-refractivity contribution in [1.29, 1.82) is 5.26 Å². The Hall–Kier alpha value is -3.00. The molecule has 0 N–H and O–H groups in total. The van der Waals surface area contributed by atoms with E-state index in [1.54, 1.807) is 6.07 Å². The minimum Gasteiger partial charge on any atom is -0.479 e. The summed E-state index contributed by atoms with van der Waals surface area (Å²) in [5.74, 6) is 0.544. The van der Waals surface area contributed by atoms with Crippen LogP contribution < -0.4 is 4.74 Å². The molecular weight excluding hydrogens is 304 g/mol. The molecule has 3 rings (SSSR count). The van der Waals surface area contributed by atoms with Crippen molar-refractivity contribution in [3.8, 4) is 11.8 Å². The van der Waals surface area contributed by atoms with Crippen LogP contribution in [0.3, 0.4) is 0 Å². The molecule has 3 aromatic rings. The molecule has 2 heterocycles. The molecule has 0 fully saturated rings. The molecule has 0 saturated heterocycles. The van der Waals surface area contributed by atoms with Crippen molar-refractivity contribution in [2.24, 2.45) is 5.92 Å². The van der Waals surface area contributed by atoms with Crippen LogP contribution in [0.25, 0.3) is 16.4 Å². The van der Waals surface area contributed by atoms with Crippen molar-refractivity contribution in [1.82, 2.24) is 4.40 Å². The molecule has 24 heavy (non-hydrogen) atoms. The Balaban J connectivity index is 2.13. The number of hydrogen-bond donors (Lipinski definition) is 0. The van der Waals surface area contributed by atoms with Crippen LogP contribution in [-0.2, 0) is 4.74 Å². The summed E-state index contributed by atoms with van der Waals surface area (Å²) >= 11 is 0. The lowest BCUT2D eigenvalue weighted by molar-refractivity contribution is 0.0463. The van der Waals surface area contributed by atoms with Gasteiger partial charge in [0.15, 0.2) is 6.61 Å². The highest BCUT2D eigenvalue weighted by Crippen LogP contribution is 2.30. The van der Waals surface area contributed by atoms with E-state index in [0.717, 1.165) is 16.4 Å². The maximum absolute atomic E-state index is 12.6. The molecule has 5 heteroatoms. The molecule has 1 aromatic carbocycles. The maximum atomic E-state index is 12.6. The summed E-state index contributed by atoms with van der Waals surface area (Å²) in [5, 5.41) is 9.46. The van der Waals surface area contributed by atoms with Crippen molar-refractivity contribution >= 4 is 22.4 Å². The van der Waals surface area contributed by atoms with Gasteiger partial charge in [-0.1, -0.05) is 19.9 Å². The van der Waals surface area contributed by atoms with Gasteiger partial charge in [0.05, 0.1) is 23.2 Å². The maximum Gasteiger partial charge on any atom is 0.340 e. The van der Waals surface area contributed by atoms with Gasteiger partial charge in [-0.15, -0.1) is 0 Å². The van der Waals surface area contributed by atoms with Gasteiger partial charge in [0.25, 0.3) is 0 Å². The third-order valence-electron chi connectivity index (χ3n) is 3.67. The van der Waals surface area contributed by atoms with Crippen molar-refractivity contribution in [3.63, 3.8) is 0 Å². The first-order chi connectivity index (χ1) is 11.6. The number of aromatic nitrogens is 1. The van der Waals surface area contributed by atoms with Crippen molar-refractivity contribution in [2.75, 3.05) is 13.2 Å². The van der Waals surface area contributed by atoms with Crippen LogP contribution in [-0.4, -0.2) is 23.6 Å². The summed E-state index contributed by atoms with van der Waals surface area (Å²) < 4.78 is 12.7. The Morgan fingerprint density at radius 2 is 2.08 bits per heavy atom. The summed E-state index contributed by atoms with van der Waals surface area (Å²) in [6, 6.07) is 13.1. The summed E-state index contributed by atoms with van der Waals surface area (Å²) in [7, 11) is 0. The Kier molecular flexibility index (Phi) is 4.39. The first-order valence-electron chi connectivity index (χ1n) is 7.81. The van der Waals surface area contributed by atoms with E-state index >= 15 is 0 Å². The zero-order chi connectivity index (χ0) is 17.1. The van der Waals surface area contributed by atoms with E-state index in [1.165, 1.54) is 0 Å². The minimum absolute atomic E-state index is 0.0158. The number of esters is 1. The molecule has 0 amide bonds. The van der Waals surface area contributed by atoms with Gasteiger partial charge in [0.2, 0.25) is 0 Å². The van der Waals surface area contributed by atoms with Gasteiger partial charge in [-0.25, -0.2) is 4.79 Å². The molecule has 0 radical (unpaired) electrons. The predicted molar refractivity (Wildman–Crippen MR) is 91.1 cm³/mol. The number of nitrogens with zero attached hydrogens (tertiary/aromatic N) is 2. The lowest BCUT2D eigenvalue weighted by atomic mass is 10.1. The third-order valence-corrected chi connectivity index (χ3v) is 3.67. The molecule has 0 aliphatic carbocycles. The van der Waals surface area contributed by atoms with Gasteiger partial charge in [-0.2, -0.15) is 5.26 Å². The number of rotatable bonds is 5. The van der Waals surface area contributed by atoms with Crippen LogP contribution in [0.1, 0.15) is 24.2 Å². The number of benzene rings is 1. The van der Waals surface area contributed by atoms with E-state index in [9.17, 15) is 4.79 Å². The van der Waals surface area contributed by atoms with Crippen LogP contribution in [0.5, 0.6) is 5.75 Å². The fourth-order valence-corrected chi connectivity index (χ4v) is 2.65. The van der Waals surface area contributed by atoms with E-state index in [-0.39, 0.29) is 18.5 Å². The van der Waals surface area contributed by atoms with Crippen LogP contribution in [0, 0.1) is 17.2 Å². The Morgan fingerprint density at radius 1 is 1.25 bits per heavy atom. The average molecular weight is 322 g/mol. The zero-order valence-corrected chi connectivity index (χ0v) is 13.7. The number of carbonyl (C=O) groups excluding carboxylic acids is 1. The molecule has 0 saturated carbocycles. The molecular formula is C19H18N2O3. The van der Waals surface area contributed by atoms with E-state index in [2.05, 4.69) is 0 Å². The summed E-state index contributed by atoms with van der Waals surface area (Å²) in [4.78, 5) is 12.6. The molecule has 0 atom stereocenters. The second-order valence-electron chi connectivity index (χ2n) is 5.95. The van der Waals surface area contributed by atoms with Gasteiger partial charge < -0.3 is 13.9 Å². The molecule has 0 aliphatic rings. The summed E-state index contributed by atoms with van der Waals surface area (Å²) in [6.07, 6.45) is 1.89. The standard InChI is InChI=1S/C19H18N2O3/c1-13(2)12-24-19(22)18-15-7-6-14(23-10-8-20)11-17(15)21-9-4-3-5-16(18)21/h3-7,9,11,13H,10,12H2,1-2H3. The van der Waals surface area contributed by atoms with Gasteiger partial charge >= 0.3 is 5.97 Å². The first kappa shape index (κ1) is 15.9. The van der Waals surface area contributed by atoms with Crippen molar-refractivity contribution in [2.45, 2.75) is 13.8 Å². The predicted octanol–water partition coefficient (Wildman–Crippen LogP) is 3.81. The van der Waals surface area contributed by atoms with Gasteiger partial charge in [-0.05, 0) is 30.2 Å². The quantitative estimate of drug-likeness (QED) is 0.670. The highest BCUT2D eigenvalue weighted by molar-refractivity contribution is 6.11. The van der Waals surface area contributed by atoms with E-state index in [0.29, 0.717) is 17.9 Å². The lowest BCUT2D eigenvalue weighted by Crippen LogP contribution is -2.10. The summed E-state index contributed by atoms with van der Waals surface area (Å²) in [5.41, 5.74) is 2.19. The number of carbonyl (C=O) groups is 1. The van der Waals surface area contributed by atoms with E-state index in [1.807, 2.05) is 60.8 Å². The number of hydrogen-bond acceptors (Lipinski definition) is 4. The number of pyridine rings is 1.